The van der Waals surface area contributed by atoms with Crippen LogP contribution in [0, 0.1) is 0 Å². The van der Waals surface area contributed by atoms with Crippen molar-refractivity contribution in [3.05, 3.63) is 93.5 Å². The zero-order chi connectivity index (χ0) is 24.9. The number of benzene rings is 3. The molecule has 3 rings (SSSR count). The first kappa shape index (κ1) is 25.9. The van der Waals surface area contributed by atoms with Gasteiger partial charge >= 0.3 is 0 Å². The lowest BCUT2D eigenvalue weighted by Crippen LogP contribution is -2.29. The molecular formula is C25H26Cl2N2O4S. The van der Waals surface area contributed by atoms with Gasteiger partial charge in [-0.2, -0.15) is 0 Å². The fourth-order valence-electron chi connectivity index (χ4n) is 3.38. The maximum absolute atomic E-state index is 12.7. The summed E-state index contributed by atoms with van der Waals surface area (Å²) in [5.74, 6) is 0.549. The molecule has 0 aromatic heterocycles. The van der Waals surface area contributed by atoms with Gasteiger partial charge in [0, 0.05) is 5.56 Å². The first-order valence-electron chi connectivity index (χ1n) is 10.6. The molecular weight excluding hydrogens is 495 g/mol. The Hall–Kier alpha value is -2.74. The first-order chi connectivity index (χ1) is 16.1. The van der Waals surface area contributed by atoms with Gasteiger partial charge in [-0.25, -0.2) is 8.42 Å². The van der Waals surface area contributed by atoms with Crippen molar-refractivity contribution in [2.45, 2.75) is 26.4 Å². The highest BCUT2D eigenvalue weighted by Crippen LogP contribution is 2.34. The monoisotopic (exact) mass is 520 g/mol. The van der Waals surface area contributed by atoms with Crippen LogP contribution in [0.3, 0.4) is 0 Å². The summed E-state index contributed by atoms with van der Waals surface area (Å²) in [6.45, 7) is 4.47. The standard InChI is InChI=1S/C25H26Cl2N2O4S/c1-4-33-21-14-12-19(13-15-21)17(2)28-25(30)20-10-8-18(9-11-20)16-29(34(3,31)32)23-7-5-6-22(26)24(23)27/h5-15,17H,4,16H2,1-3H3,(H,28,30). The van der Waals surface area contributed by atoms with Crippen molar-refractivity contribution in [2.24, 2.45) is 0 Å². The first-order valence-corrected chi connectivity index (χ1v) is 13.2. The van der Waals surface area contributed by atoms with E-state index in [-0.39, 0.29) is 28.5 Å². The van der Waals surface area contributed by atoms with Gasteiger partial charge in [0.2, 0.25) is 10.0 Å². The maximum atomic E-state index is 12.7. The predicted octanol–water partition coefficient (Wildman–Crippen LogP) is 5.85. The van der Waals surface area contributed by atoms with Crippen LogP contribution >= 0.6 is 23.2 Å². The molecule has 0 spiro atoms. The second-order valence-electron chi connectivity index (χ2n) is 7.74. The van der Waals surface area contributed by atoms with E-state index in [2.05, 4.69) is 5.32 Å². The number of nitrogens with one attached hydrogen (secondary N) is 1. The number of carbonyl (C=O) groups excluding carboxylic acids is 1. The molecule has 1 N–H and O–H groups in total. The summed E-state index contributed by atoms with van der Waals surface area (Å²) in [5.41, 5.74) is 2.41. The summed E-state index contributed by atoms with van der Waals surface area (Å²) in [6, 6.07) is 19.0. The van der Waals surface area contributed by atoms with Crippen LogP contribution in [0.2, 0.25) is 10.0 Å². The number of hydrogen-bond donors (Lipinski definition) is 1. The summed E-state index contributed by atoms with van der Waals surface area (Å²) in [4.78, 5) is 12.7. The Morgan fingerprint density at radius 3 is 2.26 bits per heavy atom. The minimum absolute atomic E-state index is 0.0450. The van der Waals surface area contributed by atoms with Crippen molar-refractivity contribution >= 4 is 44.8 Å². The van der Waals surface area contributed by atoms with E-state index in [0.717, 1.165) is 17.6 Å². The van der Waals surface area contributed by atoms with Gasteiger partial charge in [-0.05, 0) is 61.4 Å². The molecule has 1 unspecified atom stereocenters. The molecule has 0 aliphatic rings. The highest BCUT2D eigenvalue weighted by Gasteiger charge is 2.22. The summed E-state index contributed by atoms with van der Waals surface area (Å²) in [5, 5.41) is 3.40. The summed E-state index contributed by atoms with van der Waals surface area (Å²) >= 11 is 12.3. The van der Waals surface area contributed by atoms with Crippen LogP contribution in [0.25, 0.3) is 0 Å². The van der Waals surface area contributed by atoms with Gasteiger partial charge in [0.15, 0.2) is 0 Å². The molecule has 0 aliphatic heterocycles. The van der Waals surface area contributed by atoms with Crippen molar-refractivity contribution in [3.8, 4) is 5.75 Å². The van der Waals surface area contributed by atoms with Crippen LogP contribution in [0.5, 0.6) is 5.75 Å². The van der Waals surface area contributed by atoms with Crippen molar-refractivity contribution < 1.29 is 17.9 Å². The van der Waals surface area contributed by atoms with Crippen molar-refractivity contribution in [1.82, 2.24) is 5.32 Å². The smallest absolute Gasteiger partial charge is 0.251 e. The average Bonchev–Trinajstić information content (AvgIpc) is 2.80. The summed E-state index contributed by atoms with van der Waals surface area (Å²) in [6.07, 6.45) is 1.11. The van der Waals surface area contributed by atoms with Gasteiger partial charge < -0.3 is 10.1 Å². The molecule has 0 aliphatic carbocycles. The molecule has 0 heterocycles. The maximum Gasteiger partial charge on any atom is 0.251 e. The van der Waals surface area contributed by atoms with Gasteiger partial charge in [-0.3, -0.25) is 9.10 Å². The lowest BCUT2D eigenvalue weighted by atomic mass is 10.1. The summed E-state index contributed by atoms with van der Waals surface area (Å²) in [7, 11) is -3.63. The van der Waals surface area contributed by atoms with Crippen LogP contribution in [-0.4, -0.2) is 27.2 Å². The van der Waals surface area contributed by atoms with E-state index in [1.807, 2.05) is 38.1 Å². The fraction of sp³-hybridized carbons (Fsp3) is 0.240. The van der Waals surface area contributed by atoms with Crippen LogP contribution in [-0.2, 0) is 16.6 Å². The number of nitrogens with zero attached hydrogens (tertiary/aromatic N) is 1. The molecule has 0 bridgehead atoms. The number of anilines is 1. The van der Waals surface area contributed by atoms with Crippen LogP contribution in [0.1, 0.15) is 41.4 Å². The lowest BCUT2D eigenvalue weighted by Gasteiger charge is -2.24. The topological polar surface area (TPSA) is 75.7 Å². The average molecular weight is 521 g/mol. The molecule has 9 heteroatoms. The zero-order valence-electron chi connectivity index (χ0n) is 19.1. The Kier molecular flexibility index (Phi) is 8.47. The third-order valence-electron chi connectivity index (χ3n) is 5.18. The normalized spacial score (nSPS) is 12.1. The Bertz CT molecular complexity index is 1250. The van der Waals surface area contributed by atoms with Gasteiger partial charge in [-0.1, -0.05) is 53.5 Å². The van der Waals surface area contributed by atoms with Gasteiger partial charge in [-0.15, -0.1) is 0 Å². The molecule has 0 fully saturated rings. The van der Waals surface area contributed by atoms with Crippen molar-refractivity contribution in [1.29, 1.82) is 0 Å². The zero-order valence-corrected chi connectivity index (χ0v) is 21.4. The predicted molar refractivity (Wildman–Crippen MR) is 137 cm³/mol. The van der Waals surface area contributed by atoms with Gasteiger partial charge in [0.1, 0.15) is 5.75 Å². The van der Waals surface area contributed by atoms with Crippen LogP contribution in [0.15, 0.2) is 66.7 Å². The SMILES string of the molecule is CCOc1ccc(C(C)NC(=O)c2ccc(CN(c3cccc(Cl)c3Cl)S(C)(=O)=O)cc2)cc1. The Morgan fingerprint density at radius 1 is 1.03 bits per heavy atom. The molecule has 1 amide bonds. The second kappa shape index (κ2) is 11.1. The van der Waals surface area contributed by atoms with E-state index in [1.165, 1.54) is 4.31 Å². The van der Waals surface area contributed by atoms with Crippen molar-refractivity contribution in [3.63, 3.8) is 0 Å². The number of rotatable bonds is 9. The van der Waals surface area contributed by atoms with Crippen LogP contribution in [0.4, 0.5) is 5.69 Å². The summed E-state index contributed by atoms with van der Waals surface area (Å²) < 4.78 is 31.5. The van der Waals surface area contributed by atoms with Crippen molar-refractivity contribution in [2.75, 3.05) is 17.2 Å². The molecule has 0 saturated heterocycles. The number of ether oxygens (including phenoxy) is 1. The number of carbonyl (C=O) groups is 1. The van der Waals surface area contributed by atoms with E-state index in [4.69, 9.17) is 27.9 Å². The van der Waals surface area contributed by atoms with E-state index in [1.54, 1.807) is 42.5 Å². The Morgan fingerprint density at radius 2 is 1.68 bits per heavy atom. The molecule has 34 heavy (non-hydrogen) atoms. The van der Waals surface area contributed by atoms with E-state index in [9.17, 15) is 13.2 Å². The molecule has 3 aromatic carbocycles. The number of halogens is 2. The van der Waals surface area contributed by atoms with Gasteiger partial charge in [0.05, 0.1) is 41.2 Å². The molecule has 0 radical (unpaired) electrons. The minimum Gasteiger partial charge on any atom is -0.494 e. The largest absolute Gasteiger partial charge is 0.494 e. The number of sulfonamides is 1. The molecule has 1 atom stereocenters. The minimum atomic E-state index is -3.63. The third kappa shape index (κ3) is 6.44. The van der Waals surface area contributed by atoms with Gasteiger partial charge in [0.25, 0.3) is 5.91 Å². The van der Waals surface area contributed by atoms with E-state index >= 15 is 0 Å². The molecule has 3 aromatic rings. The quantitative estimate of drug-likeness (QED) is 0.383. The lowest BCUT2D eigenvalue weighted by molar-refractivity contribution is 0.0940. The number of hydrogen-bond acceptors (Lipinski definition) is 4. The number of amides is 1. The van der Waals surface area contributed by atoms with E-state index in [0.29, 0.717) is 23.4 Å². The van der Waals surface area contributed by atoms with Crippen LogP contribution < -0.4 is 14.4 Å². The Labute approximate surface area is 210 Å². The second-order valence-corrected chi connectivity index (χ2v) is 10.4. The fourth-order valence-corrected chi connectivity index (χ4v) is 4.72. The Balaban J connectivity index is 1.72. The molecule has 6 nitrogen and oxygen atoms in total. The highest BCUT2D eigenvalue weighted by molar-refractivity contribution is 7.92. The third-order valence-corrected chi connectivity index (χ3v) is 7.12. The highest BCUT2D eigenvalue weighted by atomic mass is 35.5. The molecule has 0 saturated carbocycles. The van der Waals surface area contributed by atoms with E-state index < -0.39 is 10.0 Å². The molecule has 180 valence electrons.